The van der Waals surface area contributed by atoms with Crippen molar-refractivity contribution >= 4 is 5.97 Å². The Morgan fingerprint density at radius 1 is 1.56 bits per heavy atom. The molecule has 2 unspecified atom stereocenters. The van der Waals surface area contributed by atoms with Gasteiger partial charge in [-0.3, -0.25) is 0 Å². The summed E-state index contributed by atoms with van der Waals surface area (Å²) >= 11 is 0. The lowest BCUT2D eigenvalue weighted by molar-refractivity contribution is -0.228. The fraction of sp³-hybridized carbons (Fsp3) is 0.769. The summed E-state index contributed by atoms with van der Waals surface area (Å²) in [5.41, 5.74) is 0.268. The van der Waals surface area contributed by atoms with Crippen molar-refractivity contribution in [2.75, 3.05) is 19.8 Å². The number of rotatable bonds is 7. The van der Waals surface area contributed by atoms with E-state index < -0.39 is 18.4 Å². The van der Waals surface area contributed by atoms with Gasteiger partial charge in [-0.2, -0.15) is 0 Å². The number of aliphatic hydroxyl groups excluding tert-OH is 1. The van der Waals surface area contributed by atoms with Crippen LogP contribution in [0, 0.1) is 5.41 Å². The van der Waals surface area contributed by atoms with Gasteiger partial charge in [-0.15, -0.1) is 0 Å². The Balaban J connectivity index is 2.48. The van der Waals surface area contributed by atoms with Gasteiger partial charge in [-0.1, -0.05) is 13.5 Å². The van der Waals surface area contributed by atoms with Crippen molar-refractivity contribution in [2.45, 2.75) is 39.6 Å². The number of carbonyl (C=O) groups excluding carboxylic acids is 1. The minimum atomic E-state index is -0.960. The predicted molar refractivity (Wildman–Crippen MR) is 65.9 cm³/mol. The van der Waals surface area contributed by atoms with Crippen LogP contribution in [0.2, 0.25) is 0 Å². The molecule has 1 aliphatic heterocycles. The lowest BCUT2D eigenvalue weighted by Gasteiger charge is -2.41. The highest BCUT2D eigenvalue weighted by atomic mass is 16.7. The zero-order chi connectivity index (χ0) is 13.8. The molecule has 0 aromatic carbocycles. The lowest BCUT2D eigenvalue weighted by atomic mass is 9.84. The van der Waals surface area contributed by atoms with Crippen LogP contribution in [0.4, 0.5) is 0 Å². The van der Waals surface area contributed by atoms with E-state index in [1.54, 1.807) is 6.92 Å². The summed E-state index contributed by atoms with van der Waals surface area (Å²) in [5.74, 6) is -0.559. The second kappa shape index (κ2) is 6.31. The molecule has 18 heavy (non-hydrogen) atoms. The molecule has 1 N–H and O–H groups in total. The molecule has 0 aromatic heterocycles. The first kappa shape index (κ1) is 15.1. The van der Waals surface area contributed by atoms with E-state index in [4.69, 9.17) is 14.2 Å². The van der Waals surface area contributed by atoms with Crippen LogP contribution in [0.15, 0.2) is 12.2 Å². The normalized spacial score (nSPS) is 20.7. The number of aliphatic hydroxyl groups is 1. The molecule has 1 saturated heterocycles. The highest BCUT2D eigenvalue weighted by Crippen LogP contribution is 2.32. The molecule has 0 aliphatic carbocycles. The van der Waals surface area contributed by atoms with E-state index in [9.17, 15) is 9.90 Å². The van der Waals surface area contributed by atoms with E-state index >= 15 is 0 Å². The van der Waals surface area contributed by atoms with E-state index in [-0.39, 0.29) is 11.0 Å². The smallest absolute Gasteiger partial charge is 0.335 e. The molecule has 0 spiro atoms. The predicted octanol–water partition coefficient (Wildman–Crippen LogP) is 1.26. The minimum absolute atomic E-state index is 0.0111. The van der Waals surface area contributed by atoms with Crippen molar-refractivity contribution in [2.24, 2.45) is 5.41 Å². The van der Waals surface area contributed by atoms with Gasteiger partial charge in [0, 0.05) is 11.0 Å². The second-order valence-corrected chi connectivity index (χ2v) is 4.95. The third kappa shape index (κ3) is 3.80. The van der Waals surface area contributed by atoms with Gasteiger partial charge < -0.3 is 19.3 Å². The molecule has 0 saturated carbocycles. The Morgan fingerprint density at radius 2 is 2.17 bits per heavy atom. The molecule has 1 aliphatic rings. The molecule has 0 amide bonds. The Hall–Kier alpha value is -0.910. The zero-order valence-corrected chi connectivity index (χ0v) is 11.3. The number of hydrogen-bond donors (Lipinski definition) is 1. The summed E-state index contributed by atoms with van der Waals surface area (Å²) in [6.07, 6.45) is -0.921. The quantitative estimate of drug-likeness (QED) is 0.423. The maximum absolute atomic E-state index is 11.4. The molecule has 0 bridgehead atoms. The number of ether oxygens (including phenoxy) is 3. The fourth-order valence-electron chi connectivity index (χ4n) is 1.52. The van der Waals surface area contributed by atoms with Crippen LogP contribution in [-0.4, -0.2) is 43.3 Å². The van der Waals surface area contributed by atoms with E-state index in [1.165, 1.54) is 6.92 Å². The third-order valence-corrected chi connectivity index (χ3v) is 3.09. The monoisotopic (exact) mass is 258 g/mol. The van der Waals surface area contributed by atoms with Crippen LogP contribution in [0.1, 0.15) is 27.2 Å². The molecular formula is C13H22O5. The van der Waals surface area contributed by atoms with Crippen molar-refractivity contribution in [3.8, 4) is 0 Å². The Bertz CT molecular complexity index is 301. The SMILES string of the molecule is C=C(C)C(=O)OC(OCC1(CC)COC1)C(C)O. The van der Waals surface area contributed by atoms with E-state index in [0.717, 1.165) is 6.42 Å². The van der Waals surface area contributed by atoms with E-state index in [0.29, 0.717) is 19.8 Å². The minimum Gasteiger partial charge on any atom is -0.430 e. The highest BCUT2D eigenvalue weighted by Gasteiger charge is 2.38. The first-order chi connectivity index (χ1) is 8.40. The summed E-state index contributed by atoms with van der Waals surface area (Å²) in [4.78, 5) is 11.4. The fourth-order valence-corrected chi connectivity index (χ4v) is 1.52. The van der Waals surface area contributed by atoms with Gasteiger partial charge in [0.25, 0.3) is 0 Å². The number of hydrogen-bond acceptors (Lipinski definition) is 5. The number of carbonyl (C=O) groups is 1. The molecule has 0 radical (unpaired) electrons. The molecule has 2 atom stereocenters. The van der Waals surface area contributed by atoms with Gasteiger partial charge in [0.1, 0.15) is 6.10 Å². The highest BCUT2D eigenvalue weighted by molar-refractivity contribution is 5.87. The summed E-state index contributed by atoms with van der Waals surface area (Å²) in [6, 6.07) is 0. The van der Waals surface area contributed by atoms with Crippen LogP contribution in [0.5, 0.6) is 0 Å². The van der Waals surface area contributed by atoms with Gasteiger partial charge in [-0.05, 0) is 20.3 Å². The Labute approximate surface area is 108 Å². The van der Waals surface area contributed by atoms with Crippen LogP contribution in [0.25, 0.3) is 0 Å². The van der Waals surface area contributed by atoms with Crippen molar-refractivity contribution in [1.29, 1.82) is 0 Å². The third-order valence-electron chi connectivity index (χ3n) is 3.09. The summed E-state index contributed by atoms with van der Waals surface area (Å²) in [5, 5.41) is 9.54. The second-order valence-electron chi connectivity index (χ2n) is 4.95. The zero-order valence-electron chi connectivity index (χ0n) is 11.3. The molecule has 1 heterocycles. The molecular weight excluding hydrogens is 236 g/mol. The van der Waals surface area contributed by atoms with Crippen LogP contribution < -0.4 is 0 Å². The average Bonchev–Trinajstić information content (AvgIpc) is 2.25. The van der Waals surface area contributed by atoms with Crippen molar-refractivity contribution in [3.05, 3.63) is 12.2 Å². The first-order valence-electron chi connectivity index (χ1n) is 6.14. The van der Waals surface area contributed by atoms with Crippen molar-refractivity contribution in [3.63, 3.8) is 0 Å². The van der Waals surface area contributed by atoms with Gasteiger partial charge in [0.15, 0.2) is 0 Å². The standard InChI is InChI=1S/C13H22O5/c1-5-13(6-16-7-13)8-17-12(10(4)14)18-11(15)9(2)3/h10,12,14H,2,5-8H2,1,3-4H3. The summed E-state index contributed by atoms with van der Waals surface area (Å²) in [6.45, 7) is 10.3. The first-order valence-corrected chi connectivity index (χ1v) is 6.14. The van der Waals surface area contributed by atoms with Crippen LogP contribution in [0.3, 0.4) is 0 Å². The van der Waals surface area contributed by atoms with Crippen molar-refractivity contribution in [1.82, 2.24) is 0 Å². The largest absolute Gasteiger partial charge is 0.430 e. The maximum Gasteiger partial charge on any atom is 0.335 e. The Morgan fingerprint density at radius 3 is 2.50 bits per heavy atom. The van der Waals surface area contributed by atoms with Gasteiger partial charge in [0.05, 0.1) is 19.8 Å². The molecule has 104 valence electrons. The van der Waals surface area contributed by atoms with Crippen LogP contribution >= 0.6 is 0 Å². The summed E-state index contributed by atoms with van der Waals surface area (Å²) < 4.78 is 15.7. The maximum atomic E-state index is 11.4. The molecule has 0 aromatic rings. The van der Waals surface area contributed by atoms with Crippen LogP contribution in [-0.2, 0) is 19.0 Å². The van der Waals surface area contributed by atoms with E-state index in [2.05, 4.69) is 13.5 Å². The topological polar surface area (TPSA) is 65.0 Å². The van der Waals surface area contributed by atoms with Gasteiger partial charge in [-0.25, -0.2) is 4.79 Å². The molecule has 5 nitrogen and oxygen atoms in total. The molecule has 1 fully saturated rings. The van der Waals surface area contributed by atoms with E-state index in [1.807, 2.05) is 0 Å². The average molecular weight is 258 g/mol. The molecule has 5 heteroatoms. The van der Waals surface area contributed by atoms with Gasteiger partial charge in [0.2, 0.25) is 6.29 Å². The Kier molecular flexibility index (Phi) is 5.31. The van der Waals surface area contributed by atoms with Gasteiger partial charge >= 0.3 is 5.97 Å². The number of esters is 1. The molecule has 1 rings (SSSR count). The summed E-state index contributed by atoms with van der Waals surface area (Å²) in [7, 11) is 0. The van der Waals surface area contributed by atoms with Crippen molar-refractivity contribution < 1.29 is 24.1 Å². The lowest BCUT2D eigenvalue weighted by Crippen LogP contribution is -2.47.